The summed E-state index contributed by atoms with van der Waals surface area (Å²) in [6.45, 7) is 11.1. The van der Waals surface area contributed by atoms with Gasteiger partial charge in [0.25, 0.3) is 0 Å². The summed E-state index contributed by atoms with van der Waals surface area (Å²) in [5, 5.41) is 6.84. The number of hydrogen-bond donors (Lipinski definition) is 2. The van der Waals surface area contributed by atoms with Crippen molar-refractivity contribution in [2.45, 2.75) is 53.2 Å². The van der Waals surface area contributed by atoms with Crippen molar-refractivity contribution >= 4 is 0 Å². The third-order valence-electron chi connectivity index (χ3n) is 2.22. The zero-order valence-corrected chi connectivity index (χ0v) is 9.36. The van der Waals surface area contributed by atoms with E-state index in [4.69, 9.17) is 0 Å². The van der Waals surface area contributed by atoms with Crippen molar-refractivity contribution < 1.29 is 0 Å². The van der Waals surface area contributed by atoms with E-state index in [-0.39, 0.29) is 5.41 Å². The van der Waals surface area contributed by atoms with Crippen molar-refractivity contribution in [3.8, 4) is 0 Å². The third-order valence-corrected chi connectivity index (χ3v) is 2.22. The Morgan fingerprint density at radius 1 is 1.25 bits per heavy atom. The lowest BCUT2D eigenvalue weighted by atomic mass is 9.91. The second-order valence-electron chi connectivity index (χ2n) is 4.56. The highest BCUT2D eigenvalue weighted by Gasteiger charge is 2.23. The number of hydrogen-bond acceptors (Lipinski definition) is 2. The molecule has 0 saturated carbocycles. The first kappa shape index (κ1) is 11.9. The van der Waals surface area contributed by atoms with Crippen LogP contribution in [-0.2, 0) is 0 Å². The molecule has 2 unspecified atom stereocenters. The van der Waals surface area contributed by atoms with Crippen molar-refractivity contribution in [1.82, 2.24) is 10.6 Å². The fourth-order valence-corrected chi connectivity index (χ4v) is 1.17. The van der Waals surface area contributed by atoms with E-state index in [0.29, 0.717) is 12.2 Å². The second kappa shape index (κ2) is 4.83. The highest BCUT2D eigenvalue weighted by atomic mass is 15.1. The first-order chi connectivity index (χ1) is 5.41. The quantitative estimate of drug-likeness (QED) is 0.634. The molecule has 2 N–H and O–H groups in total. The Morgan fingerprint density at radius 2 is 1.75 bits per heavy atom. The molecule has 0 spiro atoms. The number of rotatable bonds is 4. The van der Waals surface area contributed by atoms with Gasteiger partial charge in [-0.2, -0.15) is 0 Å². The second-order valence-corrected chi connectivity index (χ2v) is 4.56. The van der Waals surface area contributed by atoms with Crippen LogP contribution < -0.4 is 10.6 Å². The van der Waals surface area contributed by atoms with E-state index < -0.39 is 0 Å². The van der Waals surface area contributed by atoms with Crippen LogP contribution in [0.2, 0.25) is 0 Å². The van der Waals surface area contributed by atoms with Crippen molar-refractivity contribution in [3.05, 3.63) is 0 Å². The lowest BCUT2D eigenvalue weighted by Gasteiger charge is -2.33. The minimum Gasteiger partial charge on any atom is -0.305 e. The predicted molar refractivity (Wildman–Crippen MR) is 55.2 cm³/mol. The zero-order chi connectivity index (χ0) is 9.78. The minimum atomic E-state index is 0.276. The largest absolute Gasteiger partial charge is 0.305 e. The summed E-state index contributed by atoms with van der Waals surface area (Å²) in [6.07, 6.45) is 1.57. The van der Waals surface area contributed by atoms with Gasteiger partial charge in [0.2, 0.25) is 0 Å². The number of nitrogens with one attached hydrogen (secondary N) is 2. The molecule has 0 aromatic rings. The molecule has 0 aliphatic rings. The molecular weight excluding hydrogens is 148 g/mol. The average molecular weight is 172 g/mol. The highest BCUT2D eigenvalue weighted by Crippen LogP contribution is 2.17. The summed E-state index contributed by atoms with van der Waals surface area (Å²) < 4.78 is 0. The van der Waals surface area contributed by atoms with Gasteiger partial charge in [-0.1, -0.05) is 27.7 Å². The van der Waals surface area contributed by atoms with E-state index in [1.807, 2.05) is 7.05 Å². The van der Waals surface area contributed by atoms with Gasteiger partial charge in [-0.25, -0.2) is 0 Å². The molecule has 2 heteroatoms. The Balaban J connectivity index is 4.00. The monoisotopic (exact) mass is 172 g/mol. The van der Waals surface area contributed by atoms with Crippen LogP contribution in [0.4, 0.5) is 0 Å². The predicted octanol–water partition coefficient (Wildman–Crippen LogP) is 1.97. The van der Waals surface area contributed by atoms with Crippen LogP contribution in [0, 0.1) is 5.41 Å². The molecule has 74 valence electrons. The zero-order valence-electron chi connectivity index (χ0n) is 9.36. The van der Waals surface area contributed by atoms with Crippen LogP contribution in [0.15, 0.2) is 0 Å². The van der Waals surface area contributed by atoms with Crippen molar-refractivity contribution in [1.29, 1.82) is 0 Å². The van der Waals surface area contributed by atoms with Gasteiger partial charge in [0.05, 0.1) is 6.17 Å². The summed E-state index contributed by atoms with van der Waals surface area (Å²) in [7, 11) is 2.01. The molecule has 12 heavy (non-hydrogen) atoms. The molecule has 2 atom stereocenters. The summed E-state index contributed by atoms with van der Waals surface area (Å²) in [4.78, 5) is 0. The average Bonchev–Trinajstić information content (AvgIpc) is 1.97. The van der Waals surface area contributed by atoms with E-state index in [2.05, 4.69) is 45.3 Å². The fraction of sp³-hybridized carbons (Fsp3) is 1.00. The Bertz CT molecular complexity index is 115. The SMILES string of the molecule is CCC(C)NC(NC)C(C)(C)C. The standard InChI is InChI=1S/C10H24N2/c1-7-8(2)12-9(11-6)10(3,4)5/h8-9,11-12H,7H2,1-6H3. The maximum Gasteiger partial charge on any atom is 0.0621 e. The van der Waals surface area contributed by atoms with Crippen molar-refractivity contribution in [2.24, 2.45) is 5.41 Å². The van der Waals surface area contributed by atoms with Gasteiger partial charge in [0.15, 0.2) is 0 Å². The molecule has 0 fully saturated rings. The van der Waals surface area contributed by atoms with Crippen LogP contribution in [0.5, 0.6) is 0 Å². The smallest absolute Gasteiger partial charge is 0.0621 e. The first-order valence-corrected chi connectivity index (χ1v) is 4.85. The van der Waals surface area contributed by atoms with E-state index >= 15 is 0 Å². The molecule has 0 aliphatic carbocycles. The molecule has 0 bridgehead atoms. The van der Waals surface area contributed by atoms with Crippen LogP contribution >= 0.6 is 0 Å². The van der Waals surface area contributed by atoms with Gasteiger partial charge in [0.1, 0.15) is 0 Å². The van der Waals surface area contributed by atoms with Gasteiger partial charge in [0, 0.05) is 6.04 Å². The Labute approximate surface area is 77.1 Å². The minimum absolute atomic E-state index is 0.276. The molecule has 0 saturated heterocycles. The van der Waals surface area contributed by atoms with Gasteiger partial charge in [-0.3, -0.25) is 5.32 Å². The molecule has 0 radical (unpaired) electrons. The maximum absolute atomic E-state index is 3.55. The van der Waals surface area contributed by atoms with E-state index in [1.165, 1.54) is 6.42 Å². The summed E-state index contributed by atoms with van der Waals surface area (Å²) >= 11 is 0. The molecular formula is C10H24N2. The van der Waals surface area contributed by atoms with Crippen LogP contribution in [-0.4, -0.2) is 19.3 Å². The molecule has 0 aromatic heterocycles. The maximum atomic E-state index is 3.55. The van der Waals surface area contributed by atoms with Gasteiger partial charge in [-0.05, 0) is 25.8 Å². The Hall–Kier alpha value is -0.0800. The lowest BCUT2D eigenvalue weighted by molar-refractivity contribution is 0.218. The van der Waals surface area contributed by atoms with Crippen LogP contribution in [0.25, 0.3) is 0 Å². The molecule has 0 heterocycles. The van der Waals surface area contributed by atoms with E-state index in [1.54, 1.807) is 0 Å². The molecule has 2 nitrogen and oxygen atoms in total. The lowest BCUT2D eigenvalue weighted by Crippen LogP contribution is -2.52. The molecule has 0 amide bonds. The van der Waals surface area contributed by atoms with Gasteiger partial charge >= 0.3 is 0 Å². The van der Waals surface area contributed by atoms with Gasteiger partial charge < -0.3 is 5.32 Å². The fourth-order valence-electron chi connectivity index (χ4n) is 1.17. The Morgan fingerprint density at radius 3 is 2.00 bits per heavy atom. The van der Waals surface area contributed by atoms with Crippen molar-refractivity contribution in [2.75, 3.05) is 7.05 Å². The van der Waals surface area contributed by atoms with E-state index in [0.717, 1.165) is 0 Å². The van der Waals surface area contributed by atoms with Crippen molar-refractivity contribution in [3.63, 3.8) is 0 Å². The van der Waals surface area contributed by atoms with Crippen LogP contribution in [0.1, 0.15) is 41.0 Å². The Kier molecular flexibility index (Phi) is 4.80. The summed E-state index contributed by atoms with van der Waals surface area (Å²) in [5.41, 5.74) is 0.276. The summed E-state index contributed by atoms with van der Waals surface area (Å²) in [6, 6.07) is 0.585. The first-order valence-electron chi connectivity index (χ1n) is 4.85. The highest BCUT2D eigenvalue weighted by molar-refractivity contribution is 4.78. The molecule has 0 rings (SSSR count). The molecule has 0 aliphatic heterocycles. The van der Waals surface area contributed by atoms with E-state index in [9.17, 15) is 0 Å². The summed E-state index contributed by atoms with van der Waals surface area (Å²) in [5.74, 6) is 0. The normalized spacial score (nSPS) is 17.5. The van der Waals surface area contributed by atoms with Crippen LogP contribution in [0.3, 0.4) is 0 Å². The topological polar surface area (TPSA) is 24.1 Å². The van der Waals surface area contributed by atoms with Gasteiger partial charge in [-0.15, -0.1) is 0 Å². The third kappa shape index (κ3) is 4.07. The molecule has 0 aromatic carbocycles.